The molecule has 2 unspecified atom stereocenters. The summed E-state index contributed by atoms with van der Waals surface area (Å²) in [6.07, 6.45) is -0.293. The predicted molar refractivity (Wildman–Crippen MR) is 116 cm³/mol. The summed E-state index contributed by atoms with van der Waals surface area (Å²) in [4.78, 5) is 11.4. The van der Waals surface area contributed by atoms with Crippen molar-refractivity contribution in [2.75, 3.05) is 26.3 Å². The first-order valence-electron chi connectivity index (χ1n) is 10.2. The average molecular weight is 422 g/mol. The number of ether oxygens (including phenoxy) is 2. The molecule has 2 aromatic carbocycles. The lowest BCUT2D eigenvalue weighted by molar-refractivity contribution is -0.121. The minimum absolute atomic E-state index is 0.0505. The normalized spacial score (nSPS) is 16.6. The van der Waals surface area contributed by atoms with Gasteiger partial charge in [-0.15, -0.1) is 0 Å². The third kappa shape index (κ3) is 6.54. The molecule has 0 spiro atoms. The van der Waals surface area contributed by atoms with Crippen LogP contribution in [0.2, 0.25) is 0 Å². The first-order valence-corrected chi connectivity index (χ1v) is 10.2. The number of para-hydroxylation sites is 1. The highest BCUT2D eigenvalue weighted by Crippen LogP contribution is 2.20. The van der Waals surface area contributed by atoms with E-state index in [1.807, 2.05) is 31.2 Å². The molecule has 8 heteroatoms. The SMILES string of the molecule is CC1CC(=O)NN=C1c1cccc(OCCNCC(O)COc2ccccc2C#N)c1. The Morgan fingerprint density at radius 3 is 2.94 bits per heavy atom. The summed E-state index contributed by atoms with van der Waals surface area (Å²) in [7, 11) is 0. The number of nitriles is 1. The van der Waals surface area contributed by atoms with Crippen molar-refractivity contribution in [2.45, 2.75) is 19.4 Å². The van der Waals surface area contributed by atoms with Crippen molar-refractivity contribution in [3.63, 3.8) is 0 Å². The number of aliphatic hydroxyl groups is 1. The van der Waals surface area contributed by atoms with E-state index >= 15 is 0 Å². The number of nitrogens with one attached hydrogen (secondary N) is 2. The second-order valence-electron chi connectivity index (χ2n) is 7.29. The lowest BCUT2D eigenvalue weighted by atomic mass is 9.94. The van der Waals surface area contributed by atoms with Gasteiger partial charge in [0, 0.05) is 31.0 Å². The number of hydrogen-bond acceptors (Lipinski definition) is 7. The fourth-order valence-corrected chi connectivity index (χ4v) is 3.19. The number of amides is 1. The molecule has 162 valence electrons. The average Bonchev–Trinajstić information content (AvgIpc) is 2.78. The second kappa shape index (κ2) is 11.1. The van der Waals surface area contributed by atoms with Crippen LogP contribution in [0, 0.1) is 17.2 Å². The molecule has 0 bridgehead atoms. The summed E-state index contributed by atoms with van der Waals surface area (Å²) in [6, 6.07) is 16.6. The molecule has 0 aliphatic carbocycles. The van der Waals surface area contributed by atoms with Crippen LogP contribution >= 0.6 is 0 Å². The minimum atomic E-state index is -0.712. The Bertz CT molecular complexity index is 970. The summed E-state index contributed by atoms with van der Waals surface area (Å²) < 4.78 is 11.3. The number of benzene rings is 2. The molecule has 1 heterocycles. The van der Waals surface area contributed by atoms with Gasteiger partial charge in [-0.2, -0.15) is 10.4 Å². The fraction of sp³-hybridized carbons (Fsp3) is 0.348. The van der Waals surface area contributed by atoms with Gasteiger partial charge >= 0.3 is 0 Å². The van der Waals surface area contributed by atoms with Gasteiger partial charge in [-0.3, -0.25) is 4.79 Å². The van der Waals surface area contributed by atoms with Gasteiger partial charge in [0.2, 0.25) is 5.91 Å². The molecule has 2 aromatic rings. The molecule has 0 saturated heterocycles. The molecule has 31 heavy (non-hydrogen) atoms. The summed E-state index contributed by atoms with van der Waals surface area (Å²) in [5, 5.41) is 26.4. The van der Waals surface area contributed by atoms with Gasteiger partial charge < -0.3 is 19.9 Å². The number of nitrogens with zero attached hydrogens (tertiary/aromatic N) is 2. The summed E-state index contributed by atoms with van der Waals surface area (Å²) in [5.41, 5.74) is 4.72. The van der Waals surface area contributed by atoms with E-state index in [0.29, 0.717) is 43.2 Å². The van der Waals surface area contributed by atoms with Crippen LogP contribution in [-0.2, 0) is 4.79 Å². The van der Waals surface area contributed by atoms with E-state index in [1.54, 1.807) is 24.3 Å². The van der Waals surface area contributed by atoms with E-state index < -0.39 is 6.10 Å². The van der Waals surface area contributed by atoms with Gasteiger partial charge in [-0.25, -0.2) is 5.43 Å². The lowest BCUT2D eigenvalue weighted by Gasteiger charge is -2.19. The Hall–Kier alpha value is -3.41. The third-order valence-corrected chi connectivity index (χ3v) is 4.76. The number of rotatable bonds is 10. The molecule has 0 saturated carbocycles. The molecule has 8 nitrogen and oxygen atoms in total. The van der Waals surface area contributed by atoms with Crippen LogP contribution in [0.5, 0.6) is 11.5 Å². The molecular weight excluding hydrogens is 396 g/mol. The van der Waals surface area contributed by atoms with E-state index in [2.05, 4.69) is 21.9 Å². The van der Waals surface area contributed by atoms with E-state index in [9.17, 15) is 9.90 Å². The minimum Gasteiger partial charge on any atom is -0.492 e. The van der Waals surface area contributed by atoms with Crippen molar-refractivity contribution in [3.8, 4) is 17.6 Å². The molecule has 3 rings (SSSR count). The van der Waals surface area contributed by atoms with Crippen molar-refractivity contribution < 1.29 is 19.4 Å². The van der Waals surface area contributed by atoms with Gasteiger partial charge in [-0.05, 0) is 24.3 Å². The first-order chi connectivity index (χ1) is 15.1. The molecule has 1 amide bonds. The maximum absolute atomic E-state index is 11.4. The van der Waals surface area contributed by atoms with Crippen molar-refractivity contribution >= 4 is 11.6 Å². The van der Waals surface area contributed by atoms with E-state index in [4.69, 9.17) is 14.7 Å². The number of hydrazone groups is 1. The molecular formula is C23H26N4O4. The maximum Gasteiger partial charge on any atom is 0.240 e. The molecule has 1 aliphatic rings. The summed E-state index contributed by atoms with van der Waals surface area (Å²) >= 11 is 0. The molecule has 0 radical (unpaired) electrons. The molecule has 3 N–H and O–H groups in total. The van der Waals surface area contributed by atoms with Gasteiger partial charge in [0.25, 0.3) is 0 Å². The number of hydrogen-bond donors (Lipinski definition) is 3. The monoisotopic (exact) mass is 422 g/mol. The highest BCUT2D eigenvalue weighted by Gasteiger charge is 2.21. The predicted octanol–water partition coefficient (Wildman–Crippen LogP) is 1.83. The zero-order valence-corrected chi connectivity index (χ0v) is 17.4. The third-order valence-electron chi connectivity index (χ3n) is 4.76. The largest absolute Gasteiger partial charge is 0.492 e. The van der Waals surface area contributed by atoms with Gasteiger partial charge in [0.15, 0.2) is 0 Å². The number of aliphatic hydroxyl groups excluding tert-OH is 1. The fourth-order valence-electron chi connectivity index (χ4n) is 3.19. The standard InChI is InChI=1S/C23H26N4O4/c1-16-11-22(29)26-27-23(16)17-6-4-7-20(12-17)30-10-9-25-14-19(28)15-31-21-8-3-2-5-18(21)13-24/h2-8,12,16,19,25,28H,9-11,14-15H2,1H3,(H,26,29). The highest BCUT2D eigenvalue weighted by atomic mass is 16.5. The Kier molecular flexibility index (Phi) is 7.98. The van der Waals surface area contributed by atoms with Crippen LogP contribution < -0.4 is 20.2 Å². The number of carbonyl (C=O) groups excluding carboxylic acids is 1. The lowest BCUT2D eigenvalue weighted by Crippen LogP contribution is -2.33. The molecule has 1 aliphatic heterocycles. The maximum atomic E-state index is 11.4. The quantitative estimate of drug-likeness (QED) is 0.503. The summed E-state index contributed by atoms with van der Waals surface area (Å²) in [6.45, 7) is 3.37. The van der Waals surface area contributed by atoms with Gasteiger partial charge in [0.1, 0.15) is 36.9 Å². The van der Waals surface area contributed by atoms with Crippen molar-refractivity contribution in [3.05, 3.63) is 59.7 Å². The van der Waals surface area contributed by atoms with Crippen LogP contribution in [0.1, 0.15) is 24.5 Å². The van der Waals surface area contributed by atoms with E-state index in [1.165, 1.54) is 0 Å². The zero-order valence-electron chi connectivity index (χ0n) is 17.4. The Morgan fingerprint density at radius 1 is 1.29 bits per heavy atom. The Labute approximate surface area is 181 Å². The highest BCUT2D eigenvalue weighted by molar-refractivity contribution is 6.05. The van der Waals surface area contributed by atoms with Crippen LogP contribution in [0.3, 0.4) is 0 Å². The topological polar surface area (TPSA) is 116 Å². The van der Waals surface area contributed by atoms with Gasteiger partial charge in [-0.1, -0.05) is 31.2 Å². The van der Waals surface area contributed by atoms with Crippen LogP contribution in [0.25, 0.3) is 0 Å². The number of carbonyl (C=O) groups is 1. The van der Waals surface area contributed by atoms with Crippen molar-refractivity contribution in [1.82, 2.24) is 10.7 Å². The Morgan fingerprint density at radius 2 is 2.13 bits per heavy atom. The van der Waals surface area contributed by atoms with Crippen LogP contribution in [-0.4, -0.2) is 49.1 Å². The van der Waals surface area contributed by atoms with Crippen LogP contribution in [0.15, 0.2) is 53.6 Å². The zero-order chi connectivity index (χ0) is 22.1. The molecule has 0 aromatic heterocycles. The Balaban J connectivity index is 1.38. The molecule has 0 fully saturated rings. The van der Waals surface area contributed by atoms with E-state index in [0.717, 1.165) is 11.3 Å². The van der Waals surface area contributed by atoms with Crippen molar-refractivity contribution in [1.29, 1.82) is 5.26 Å². The second-order valence-corrected chi connectivity index (χ2v) is 7.29. The van der Waals surface area contributed by atoms with Crippen molar-refractivity contribution in [2.24, 2.45) is 11.0 Å². The van der Waals surface area contributed by atoms with Crippen LogP contribution in [0.4, 0.5) is 0 Å². The van der Waals surface area contributed by atoms with Gasteiger partial charge in [0.05, 0.1) is 11.3 Å². The smallest absolute Gasteiger partial charge is 0.240 e. The van der Waals surface area contributed by atoms with E-state index in [-0.39, 0.29) is 18.4 Å². The summed E-state index contributed by atoms with van der Waals surface area (Å²) in [5.74, 6) is 1.15. The molecule has 2 atom stereocenters. The first kappa shape index (κ1) is 22.3.